The molecule has 5 nitrogen and oxygen atoms in total. The van der Waals surface area contributed by atoms with Crippen LogP contribution >= 0.6 is 15.9 Å². The molecule has 0 amide bonds. The van der Waals surface area contributed by atoms with Gasteiger partial charge in [0, 0.05) is 0 Å². The predicted molar refractivity (Wildman–Crippen MR) is 44.7 cm³/mol. The van der Waals surface area contributed by atoms with Crippen LogP contribution in [0.5, 0.6) is 0 Å². The van der Waals surface area contributed by atoms with Crippen LogP contribution in [-0.2, 0) is 4.74 Å². The lowest BCUT2D eigenvalue weighted by atomic mass is 9.99. The van der Waals surface area contributed by atoms with Gasteiger partial charge in [-0.05, 0) is 0 Å². The first-order valence-electron chi connectivity index (χ1n) is 3.60. The van der Waals surface area contributed by atoms with Crippen molar-refractivity contribution in [2.75, 3.05) is 6.61 Å². The number of hydrogen-bond acceptors (Lipinski definition) is 5. The Bertz CT molecular complexity index is 154. The van der Waals surface area contributed by atoms with Gasteiger partial charge in [0.1, 0.15) is 23.3 Å². The Morgan fingerprint density at radius 2 is 1.92 bits per heavy atom. The summed E-state index contributed by atoms with van der Waals surface area (Å²) in [6.07, 6.45) is -2.97. The van der Waals surface area contributed by atoms with Crippen molar-refractivity contribution in [2.45, 2.75) is 29.4 Å². The van der Waals surface area contributed by atoms with E-state index in [0.717, 1.165) is 0 Å². The standard InChI is InChI=1S/C6H12BrNO4/c7-6-3(8)5(11)4(10)2(1-9)12-6/h2-6,9-11H,1,8H2/t2-,3-,4-,5-,6?/m1/s1. The normalized spacial score (nSPS) is 49.2. The number of aliphatic hydroxyl groups excluding tert-OH is 3. The van der Waals surface area contributed by atoms with Gasteiger partial charge < -0.3 is 25.8 Å². The minimum Gasteiger partial charge on any atom is -0.394 e. The number of ether oxygens (including phenoxy) is 1. The monoisotopic (exact) mass is 241 g/mol. The Morgan fingerprint density at radius 1 is 1.33 bits per heavy atom. The van der Waals surface area contributed by atoms with E-state index < -0.39 is 29.4 Å². The SMILES string of the molecule is N[C@H]1C(Br)O[C@H](CO)[C@@H](O)[C@@H]1O. The van der Waals surface area contributed by atoms with E-state index in [1.165, 1.54) is 0 Å². The molecule has 1 fully saturated rings. The van der Waals surface area contributed by atoms with E-state index in [1.54, 1.807) is 0 Å². The highest BCUT2D eigenvalue weighted by Crippen LogP contribution is 2.22. The van der Waals surface area contributed by atoms with E-state index in [-0.39, 0.29) is 6.61 Å². The largest absolute Gasteiger partial charge is 0.394 e. The van der Waals surface area contributed by atoms with Crippen LogP contribution in [0.2, 0.25) is 0 Å². The van der Waals surface area contributed by atoms with Gasteiger partial charge in [-0.1, -0.05) is 15.9 Å². The topological polar surface area (TPSA) is 95.9 Å². The Labute approximate surface area is 78.3 Å². The number of halogens is 1. The van der Waals surface area contributed by atoms with E-state index in [0.29, 0.717) is 0 Å². The second kappa shape index (κ2) is 3.99. The van der Waals surface area contributed by atoms with Crippen LogP contribution in [0.25, 0.3) is 0 Å². The van der Waals surface area contributed by atoms with E-state index in [2.05, 4.69) is 15.9 Å². The molecule has 1 aliphatic rings. The van der Waals surface area contributed by atoms with Crippen LogP contribution in [0.3, 0.4) is 0 Å². The average Bonchev–Trinajstić information content (AvgIpc) is 2.08. The summed E-state index contributed by atoms with van der Waals surface area (Å²) in [6, 6.07) is -0.678. The summed E-state index contributed by atoms with van der Waals surface area (Å²) in [5, 5.41) is 26.8. The number of rotatable bonds is 1. The second-order valence-corrected chi connectivity index (χ2v) is 3.67. The molecule has 6 heteroatoms. The van der Waals surface area contributed by atoms with Crippen molar-refractivity contribution in [3.63, 3.8) is 0 Å². The first-order chi connectivity index (χ1) is 5.57. The fourth-order valence-electron chi connectivity index (χ4n) is 1.09. The summed E-state index contributed by atoms with van der Waals surface area (Å²) in [4.78, 5) is 0. The molecule has 0 aromatic carbocycles. The first kappa shape index (κ1) is 10.4. The van der Waals surface area contributed by atoms with Crippen LogP contribution in [0, 0.1) is 0 Å². The molecule has 5 N–H and O–H groups in total. The molecule has 0 saturated carbocycles. The van der Waals surface area contributed by atoms with E-state index in [9.17, 15) is 10.2 Å². The summed E-state index contributed by atoms with van der Waals surface area (Å²) in [7, 11) is 0. The molecule has 1 saturated heterocycles. The molecule has 72 valence electrons. The molecule has 0 radical (unpaired) electrons. The molecular weight excluding hydrogens is 230 g/mol. The van der Waals surface area contributed by atoms with Crippen LogP contribution in [0.4, 0.5) is 0 Å². The Hall–Kier alpha value is 0.280. The Morgan fingerprint density at radius 3 is 2.42 bits per heavy atom. The van der Waals surface area contributed by atoms with Crippen molar-refractivity contribution in [2.24, 2.45) is 5.73 Å². The zero-order valence-corrected chi connectivity index (χ0v) is 7.89. The number of alkyl halides is 1. The maximum atomic E-state index is 9.32. The van der Waals surface area contributed by atoms with Crippen LogP contribution in [0.1, 0.15) is 0 Å². The molecule has 0 aliphatic carbocycles. The highest BCUT2D eigenvalue weighted by Gasteiger charge is 2.41. The second-order valence-electron chi connectivity index (χ2n) is 2.77. The minimum atomic E-state index is -1.13. The molecular formula is C6H12BrNO4. The van der Waals surface area contributed by atoms with E-state index in [4.69, 9.17) is 15.6 Å². The van der Waals surface area contributed by atoms with Crippen LogP contribution < -0.4 is 5.73 Å². The maximum Gasteiger partial charge on any atom is 0.130 e. The maximum absolute atomic E-state index is 9.32. The van der Waals surface area contributed by atoms with Crippen LogP contribution in [-0.4, -0.2) is 51.3 Å². The lowest BCUT2D eigenvalue weighted by Gasteiger charge is -2.38. The number of nitrogens with two attached hydrogens (primary N) is 1. The summed E-state index contributed by atoms with van der Waals surface area (Å²) in [6.45, 7) is -0.340. The van der Waals surface area contributed by atoms with Gasteiger partial charge in [-0.15, -0.1) is 0 Å². The Balaban J connectivity index is 2.63. The zero-order chi connectivity index (χ0) is 9.30. The fraction of sp³-hybridized carbons (Fsp3) is 1.00. The quantitative estimate of drug-likeness (QED) is 0.405. The van der Waals surface area contributed by atoms with Gasteiger partial charge in [0.05, 0.1) is 12.6 Å². The number of aliphatic hydroxyl groups is 3. The van der Waals surface area contributed by atoms with Crippen LogP contribution in [0.15, 0.2) is 0 Å². The van der Waals surface area contributed by atoms with Gasteiger partial charge in [-0.25, -0.2) is 0 Å². The van der Waals surface area contributed by atoms with Crippen molar-refractivity contribution >= 4 is 15.9 Å². The fourth-order valence-corrected chi connectivity index (χ4v) is 1.68. The van der Waals surface area contributed by atoms with Crippen molar-refractivity contribution in [1.29, 1.82) is 0 Å². The smallest absolute Gasteiger partial charge is 0.130 e. The van der Waals surface area contributed by atoms with Gasteiger partial charge in [-0.3, -0.25) is 0 Å². The third kappa shape index (κ3) is 1.78. The van der Waals surface area contributed by atoms with Crippen molar-refractivity contribution in [3.8, 4) is 0 Å². The molecule has 0 bridgehead atoms. The van der Waals surface area contributed by atoms with Gasteiger partial charge in [0.15, 0.2) is 0 Å². The average molecular weight is 242 g/mol. The number of hydrogen-bond donors (Lipinski definition) is 4. The summed E-state index contributed by atoms with van der Waals surface area (Å²) in [5.41, 5.74) is 5.47. The van der Waals surface area contributed by atoms with Crippen molar-refractivity contribution < 1.29 is 20.1 Å². The molecule has 0 spiro atoms. The van der Waals surface area contributed by atoms with Gasteiger partial charge in [0.2, 0.25) is 0 Å². The Kier molecular flexibility index (Phi) is 3.45. The molecule has 1 heterocycles. The summed E-state index contributed by atoms with van der Waals surface area (Å²) < 4.78 is 5.06. The lowest BCUT2D eigenvalue weighted by molar-refractivity contribution is -0.164. The van der Waals surface area contributed by atoms with E-state index in [1.807, 2.05) is 0 Å². The van der Waals surface area contributed by atoms with Gasteiger partial charge in [0.25, 0.3) is 0 Å². The highest BCUT2D eigenvalue weighted by molar-refractivity contribution is 9.09. The van der Waals surface area contributed by atoms with Gasteiger partial charge in [-0.2, -0.15) is 0 Å². The third-order valence-corrected chi connectivity index (χ3v) is 2.74. The van der Waals surface area contributed by atoms with E-state index >= 15 is 0 Å². The first-order valence-corrected chi connectivity index (χ1v) is 4.51. The minimum absolute atomic E-state index is 0.340. The van der Waals surface area contributed by atoms with Crippen molar-refractivity contribution in [1.82, 2.24) is 0 Å². The molecule has 5 atom stereocenters. The molecule has 0 aromatic heterocycles. The molecule has 1 unspecified atom stereocenters. The highest BCUT2D eigenvalue weighted by atomic mass is 79.9. The summed E-state index contributed by atoms with van der Waals surface area (Å²) in [5.74, 6) is 0. The summed E-state index contributed by atoms with van der Waals surface area (Å²) >= 11 is 3.07. The van der Waals surface area contributed by atoms with Crippen molar-refractivity contribution in [3.05, 3.63) is 0 Å². The predicted octanol–water partition coefficient (Wildman–Crippen LogP) is -1.85. The molecule has 1 rings (SSSR count). The zero-order valence-electron chi connectivity index (χ0n) is 6.30. The molecule has 0 aromatic rings. The van der Waals surface area contributed by atoms with Gasteiger partial charge >= 0.3 is 0 Å². The molecule has 1 aliphatic heterocycles. The lowest BCUT2D eigenvalue weighted by Crippen LogP contribution is -2.60. The molecule has 12 heavy (non-hydrogen) atoms. The third-order valence-electron chi connectivity index (χ3n) is 1.91.